The molecule has 82 valence electrons. The van der Waals surface area contributed by atoms with Gasteiger partial charge in [-0.1, -0.05) is 0 Å². The second-order valence-corrected chi connectivity index (χ2v) is 3.17. The third-order valence-electron chi connectivity index (χ3n) is 1.81. The lowest BCUT2D eigenvalue weighted by Crippen LogP contribution is -2.05. The molecule has 0 saturated heterocycles. The Balaban J connectivity index is 3.39. The van der Waals surface area contributed by atoms with E-state index in [4.69, 9.17) is 16.3 Å². The Bertz CT molecular complexity index is 396. The van der Waals surface area contributed by atoms with Gasteiger partial charge in [0, 0.05) is 11.1 Å². The average molecular weight is 236 g/mol. The van der Waals surface area contributed by atoms with Gasteiger partial charge in [-0.2, -0.15) is 0 Å². The molecule has 0 saturated carbocycles. The van der Waals surface area contributed by atoms with Crippen LogP contribution in [-0.2, 0) is 0 Å². The fourth-order valence-electron chi connectivity index (χ4n) is 1.15. The van der Waals surface area contributed by atoms with Crippen LogP contribution in [0.1, 0.15) is 28.0 Å². The maximum atomic E-state index is 12.5. The third-order valence-corrected chi connectivity index (χ3v) is 1.99. The standard InChI is InChI=1S/C9H8ClF2NO2/c1-4-3-5(8(11)12)6(7(10)14)13-9(4)15-2/h3,8H,1-2H3. The van der Waals surface area contributed by atoms with Crippen LogP contribution in [0.5, 0.6) is 5.88 Å². The molecule has 0 aliphatic rings. The summed E-state index contributed by atoms with van der Waals surface area (Å²) in [6.07, 6.45) is -2.79. The Hall–Kier alpha value is -1.23. The van der Waals surface area contributed by atoms with Crippen LogP contribution in [0.4, 0.5) is 8.78 Å². The first kappa shape index (κ1) is 11.8. The summed E-state index contributed by atoms with van der Waals surface area (Å²) in [5, 5.41) is -1.02. The quantitative estimate of drug-likeness (QED) is 0.756. The highest BCUT2D eigenvalue weighted by molar-refractivity contribution is 6.67. The van der Waals surface area contributed by atoms with Crippen molar-refractivity contribution in [1.29, 1.82) is 0 Å². The Morgan fingerprint density at radius 1 is 1.60 bits per heavy atom. The summed E-state index contributed by atoms with van der Waals surface area (Å²) in [5.74, 6) is 0.114. The van der Waals surface area contributed by atoms with Gasteiger partial charge in [0.25, 0.3) is 11.7 Å². The van der Waals surface area contributed by atoms with Crippen molar-refractivity contribution in [2.45, 2.75) is 13.3 Å². The number of pyridine rings is 1. The molecule has 0 bridgehead atoms. The number of rotatable bonds is 3. The van der Waals surface area contributed by atoms with E-state index in [2.05, 4.69) is 4.98 Å². The average Bonchev–Trinajstić information content (AvgIpc) is 2.16. The molecule has 1 aromatic rings. The van der Waals surface area contributed by atoms with Crippen LogP contribution in [0.15, 0.2) is 6.07 Å². The van der Waals surface area contributed by atoms with E-state index in [1.165, 1.54) is 7.11 Å². The Kier molecular flexibility index (Phi) is 3.57. The van der Waals surface area contributed by atoms with E-state index in [0.29, 0.717) is 5.56 Å². The van der Waals surface area contributed by atoms with Crippen molar-refractivity contribution in [1.82, 2.24) is 4.98 Å². The summed E-state index contributed by atoms with van der Waals surface area (Å²) < 4.78 is 29.8. The number of aromatic nitrogens is 1. The number of carbonyl (C=O) groups is 1. The van der Waals surface area contributed by atoms with Gasteiger partial charge in [0.1, 0.15) is 5.69 Å². The van der Waals surface area contributed by atoms with E-state index in [9.17, 15) is 13.6 Å². The first-order chi connectivity index (χ1) is 6.97. The van der Waals surface area contributed by atoms with Gasteiger partial charge in [-0.3, -0.25) is 4.79 Å². The van der Waals surface area contributed by atoms with Crippen LogP contribution in [0, 0.1) is 6.92 Å². The van der Waals surface area contributed by atoms with Crippen molar-refractivity contribution in [3.63, 3.8) is 0 Å². The normalized spacial score (nSPS) is 10.5. The van der Waals surface area contributed by atoms with Gasteiger partial charge >= 0.3 is 0 Å². The Morgan fingerprint density at radius 2 is 2.20 bits per heavy atom. The fraction of sp³-hybridized carbons (Fsp3) is 0.333. The van der Waals surface area contributed by atoms with Gasteiger partial charge < -0.3 is 4.74 Å². The van der Waals surface area contributed by atoms with E-state index >= 15 is 0 Å². The molecule has 1 rings (SSSR count). The largest absolute Gasteiger partial charge is 0.481 e. The molecule has 1 heterocycles. The van der Waals surface area contributed by atoms with Crippen LogP contribution in [0.3, 0.4) is 0 Å². The number of ether oxygens (including phenoxy) is 1. The smallest absolute Gasteiger partial charge is 0.271 e. The maximum Gasteiger partial charge on any atom is 0.271 e. The van der Waals surface area contributed by atoms with Crippen molar-refractivity contribution in [2.24, 2.45) is 0 Å². The number of carbonyl (C=O) groups excluding carboxylic acids is 1. The molecule has 0 spiro atoms. The number of halogens is 3. The zero-order valence-electron chi connectivity index (χ0n) is 8.05. The molecule has 0 fully saturated rings. The van der Waals surface area contributed by atoms with E-state index in [-0.39, 0.29) is 5.88 Å². The van der Waals surface area contributed by atoms with Crippen molar-refractivity contribution >= 4 is 16.8 Å². The van der Waals surface area contributed by atoms with Crippen LogP contribution < -0.4 is 4.74 Å². The summed E-state index contributed by atoms with van der Waals surface area (Å²) in [4.78, 5) is 14.5. The third kappa shape index (κ3) is 2.41. The molecule has 0 amide bonds. The number of hydrogen-bond donors (Lipinski definition) is 0. The molecule has 0 N–H and O–H groups in total. The highest BCUT2D eigenvalue weighted by Gasteiger charge is 2.21. The van der Waals surface area contributed by atoms with Gasteiger partial charge in [0.15, 0.2) is 0 Å². The minimum atomic E-state index is -2.79. The molecular weight excluding hydrogens is 228 g/mol. The predicted octanol–water partition coefficient (Wildman–Crippen LogP) is 2.72. The molecule has 6 heteroatoms. The summed E-state index contributed by atoms with van der Waals surface area (Å²) >= 11 is 5.14. The number of alkyl halides is 2. The van der Waals surface area contributed by atoms with Crippen molar-refractivity contribution < 1.29 is 18.3 Å². The molecule has 15 heavy (non-hydrogen) atoms. The lowest BCUT2D eigenvalue weighted by molar-refractivity contribution is 0.105. The van der Waals surface area contributed by atoms with Crippen LogP contribution >= 0.6 is 11.6 Å². The second kappa shape index (κ2) is 4.53. The summed E-state index contributed by atoms with van der Waals surface area (Å²) in [6, 6.07) is 1.14. The van der Waals surface area contributed by atoms with E-state index in [1.54, 1.807) is 6.92 Å². The number of aryl methyl sites for hydroxylation is 1. The van der Waals surface area contributed by atoms with Crippen LogP contribution in [-0.4, -0.2) is 17.3 Å². The minimum absolute atomic E-state index is 0.114. The molecule has 0 radical (unpaired) electrons. The van der Waals surface area contributed by atoms with Crippen molar-refractivity contribution in [2.75, 3.05) is 7.11 Å². The minimum Gasteiger partial charge on any atom is -0.481 e. The van der Waals surface area contributed by atoms with Crippen molar-refractivity contribution in [3.8, 4) is 5.88 Å². The number of nitrogens with zero attached hydrogens (tertiary/aromatic N) is 1. The SMILES string of the molecule is COc1nc(C(=O)Cl)c(C(F)F)cc1C. The summed E-state index contributed by atoms with van der Waals surface area (Å²) in [5.41, 5.74) is -0.517. The first-order valence-corrected chi connectivity index (χ1v) is 4.38. The molecule has 0 aromatic carbocycles. The number of methoxy groups -OCH3 is 1. The zero-order chi connectivity index (χ0) is 11.6. The number of hydrogen-bond acceptors (Lipinski definition) is 3. The van der Waals surface area contributed by atoms with Gasteiger partial charge in [-0.05, 0) is 24.6 Å². The van der Waals surface area contributed by atoms with Gasteiger partial charge in [-0.25, -0.2) is 13.8 Å². The zero-order valence-corrected chi connectivity index (χ0v) is 8.81. The topological polar surface area (TPSA) is 39.2 Å². The van der Waals surface area contributed by atoms with E-state index < -0.39 is 22.9 Å². The summed E-state index contributed by atoms with van der Waals surface area (Å²) in [6.45, 7) is 1.56. The van der Waals surface area contributed by atoms with E-state index in [0.717, 1.165) is 6.07 Å². The van der Waals surface area contributed by atoms with Crippen LogP contribution in [0.25, 0.3) is 0 Å². The van der Waals surface area contributed by atoms with Crippen LogP contribution in [0.2, 0.25) is 0 Å². The monoisotopic (exact) mass is 235 g/mol. The van der Waals surface area contributed by atoms with Gasteiger partial charge in [-0.15, -0.1) is 0 Å². The summed E-state index contributed by atoms with van der Waals surface area (Å²) in [7, 11) is 1.33. The van der Waals surface area contributed by atoms with Gasteiger partial charge in [0.05, 0.1) is 7.11 Å². The lowest BCUT2D eigenvalue weighted by Gasteiger charge is -2.09. The first-order valence-electron chi connectivity index (χ1n) is 4.01. The second-order valence-electron chi connectivity index (χ2n) is 2.83. The van der Waals surface area contributed by atoms with Gasteiger partial charge in [0.2, 0.25) is 5.88 Å². The molecule has 0 unspecified atom stereocenters. The highest BCUT2D eigenvalue weighted by atomic mass is 35.5. The fourth-order valence-corrected chi connectivity index (χ4v) is 1.30. The molecule has 0 aliphatic heterocycles. The van der Waals surface area contributed by atoms with Crippen molar-refractivity contribution in [3.05, 3.63) is 22.9 Å². The predicted molar refractivity (Wildman–Crippen MR) is 50.7 cm³/mol. The van der Waals surface area contributed by atoms with E-state index in [1.807, 2.05) is 0 Å². The Labute approximate surface area is 90.0 Å². The maximum absolute atomic E-state index is 12.5. The lowest BCUT2D eigenvalue weighted by atomic mass is 10.1. The highest BCUT2D eigenvalue weighted by Crippen LogP contribution is 2.27. The molecule has 1 aromatic heterocycles. The Morgan fingerprint density at radius 3 is 2.60 bits per heavy atom. The molecular formula is C9H8ClF2NO2. The molecule has 0 atom stereocenters. The molecule has 3 nitrogen and oxygen atoms in total. The molecule has 0 aliphatic carbocycles.